The summed E-state index contributed by atoms with van der Waals surface area (Å²) in [4.78, 5) is 6.89. The standard InChI is InChI=1S/C25H31N3/c1-5-11-22-18(4)28(25(26)27-23(22)7-3)24(20-12-9-8-10-13-20)21-16-14-19(6-2)15-17-21/h8-10,12-17,24H,4-7,11H2,1-3H3,(H2,26,27). The second-order valence-corrected chi connectivity index (χ2v) is 7.22. The van der Waals surface area contributed by atoms with Crippen LogP contribution in [0.3, 0.4) is 0 Å². The number of rotatable bonds is 7. The summed E-state index contributed by atoms with van der Waals surface area (Å²) in [5, 5.41) is 0. The molecule has 0 bridgehead atoms. The molecule has 2 N–H and O–H groups in total. The molecule has 1 aliphatic rings. The molecular weight excluding hydrogens is 342 g/mol. The van der Waals surface area contributed by atoms with Crippen LogP contribution in [0.5, 0.6) is 0 Å². The molecule has 28 heavy (non-hydrogen) atoms. The summed E-state index contributed by atoms with van der Waals surface area (Å²) >= 11 is 0. The lowest BCUT2D eigenvalue weighted by Crippen LogP contribution is -2.42. The molecule has 3 rings (SSSR count). The van der Waals surface area contributed by atoms with Crippen molar-refractivity contribution >= 4 is 5.96 Å². The normalized spacial score (nSPS) is 15.6. The Morgan fingerprint density at radius 1 is 0.929 bits per heavy atom. The first-order chi connectivity index (χ1) is 13.6. The topological polar surface area (TPSA) is 41.6 Å². The minimum atomic E-state index is -0.0476. The van der Waals surface area contributed by atoms with Gasteiger partial charge in [-0.25, -0.2) is 4.99 Å². The predicted octanol–water partition coefficient (Wildman–Crippen LogP) is 5.95. The minimum absolute atomic E-state index is 0.0476. The summed E-state index contributed by atoms with van der Waals surface area (Å²) in [5.74, 6) is 0.523. The van der Waals surface area contributed by atoms with Gasteiger partial charge >= 0.3 is 0 Å². The van der Waals surface area contributed by atoms with E-state index in [1.165, 1.54) is 22.3 Å². The fraction of sp³-hybridized carbons (Fsp3) is 0.320. The zero-order chi connectivity index (χ0) is 20.1. The second-order valence-electron chi connectivity index (χ2n) is 7.22. The largest absolute Gasteiger partial charge is 0.369 e. The number of guanidine groups is 1. The molecule has 146 valence electrons. The van der Waals surface area contributed by atoms with Gasteiger partial charge in [0.2, 0.25) is 5.96 Å². The van der Waals surface area contributed by atoms with E-state index in [4.69, 9.17) is 10.7 Å². The molecular formula is C25H31N3. The highest BCUT2D eigenvalue weighted by Gasteiger charge is 2.31. The van der Waals surface area contributed by atoms with Crippen molar-refractivity contribution in [3.8, 4) is 0 Å². The van der Waals surface area contributed by atoms with E-state index in [1.54, 1.807) is 0 Å². The first-order valence-corrected chi connectivity index (χ1v) is 10.3. The van der Waals surface area contributed by atoms with E-state index >= 15 is 0 Å². The minimum Gasteiger partial charge on any atom is -0.369 e. The fourth-order valence-electron chi connectivity index (χ4n) is 3.89. The third-order valence-corrected chi connectivity index (χ3v) is 5.40. The van der Waals surface area contributed by atoms with Gasteiger partial charge in [-0.15, -0.1) is 0 Å². The smallest absolute Gasteiger partial charge is 0.201 e. The summed E-state index contributed by atoms with van der Waals surface area (Å²) in [6.45, 7) is 11.0. The lowest BCUT2D eigenvalue weighted by atomic mass is 9.93. The van der Waals surface area contributed by atoms with Crippen LogP contribution in [0, 0.1) is 0 Å². The molecule has 0 radical (unpaired) electrons. The maximum atomic E-state index is 6.51. The average Bonchev–Trinajstić information content (AvgIpc) is 2.73. The van der Waals surface area contributed by atoms with E-state index in [0.717, 1.165) is 37.1 Å². The number of benzene rings is 2. The van der Waals surface area contributed by atoms with Gasteiger partial charge in [0.15, 0.2) is 0 Å². The Labute approximate surface area is 169 Å². The molecule has 0 saturated carbocycles. The quantitative estimate of drug-likeness (QED) is 0.652. The van der Waals surface area contributed by atoms with Crippen molar-refractivity contribution in [1.82, 2.24) is 4.90 Å². The van der Waals surface area contributed by atoms with Crippen LogP contribution in [0.1, 0.15) is 62.8 Å². The van der Waals surface area contributed by atoms with Gasteiger partial charge in [-0.1, -0.05) is 88.4 Å². The van der Waals surface area contributed by atoms with Gasteiger partial charge in [0.05, 0.1) is 6.04 Å². The number of hydrogen-bond donors (Lipinski definition) is 1. The Morgan fingerprint density at radius 2 is 1.57 bits per heavy atom. The van der Waals surface area contributed by atoms with Gasteiger partial charge in [-0.2, -0.15) is 0 Å². The molecule has 0 aromatic heterocycles. The van der Waals surface area contributed by atoms with Crippen LogP contribution in [0.15, 0.2) is 83.1 Å². The molecule has 1 aliphatic heterocycles. The van der Waals surface area contributed by atoms with E-state index in [9.17, 15) is 0 Å². The molecule has 0 spiro atoms. The van der Waals surface area contributed by atoms with E-state index in [2.05, 4.69) is 80.8 Å². The molecule has 2 aromatic rings. The highest BCUT2D eigenvalue weighted by atomic mass is 15.3. The Morgan fingerprint density at radius 3 is 2.14 bits per heavy atom. The van der Waals surface area contributed by atoms with Gasteiger partial charge in [0.1, 0.15) is 0 Å². The maximum Gasteiger partial charge on any atom is 0.201 e. The van der Waals surface area contributed by atoms with Gasteiger partial charge in [-0.05, 0) is 41.5 Å². The third kappa shape index (κ3) is 3.89. The third-order valence-electron chi connectivity index (χ3n) is 5.40. The highest BCUT2D eigenvalue weighted by Crippen LogP contribution is 2.38. The molecule has 2 aromatic carbocycles. The number of aliphatic imine (C=N–C) groups is 1. The van der Waals surface area contributed by atoms with Crippen LogP contribution in [0.4, 0.5) is 0 Å². The van der Waals surface area contributed by atoms with Crippen molar-refractivity contribution in [3.63, 3.8) is 0 Å². The maximum absolute atomic E-state index is 6.51. The van der Waals surface area contributed by atoms with E-state index < -0.39 is 0 Å². The fourth-order valence-corrected chi connectivity index (χ4v) is 3.89. The van der Waals surface area contributed by atoms with Crippen molar-refractivity contribution in [1.29, 1.82) is 0 Å². The number of allylic oxidation sites excluding steroid dienone is 2. The first kappa shape index (κ1) is 19.9. The molecule has 0 saturated heterocycles. The number of aryl methyl sites for hydroxylation is 1. The monoisotopic (exact) mass is 373 g/mol. The molecule has 3 heteroatoms. The predicted molar refractivity (Wildman–Crippen MR) is 119 cm³/mol. The van der Waals surface area contributed by atoms with Crippen LogP contribution >= 0.6 is 0 Å². The Balaban J connectivity index is 2.11. The first-order valence-electron chi connectivity index (χ1n) is 10.3. The number of hydrogen-bond acceptors (Lipinski definition) is 3. The second kappa shape index (κ2) is 8.92. The summed E-state index contributed by atoms with van der Waals surface area (Å²) in [6.07, 6.45) is 3.91. The summed E-state index contributed by atoms with van der Waals surface area (Å²) in [5.41, 5.74) is 13.5. The van der Waals surface area contributed by atoms with Crippen LogP contribution in [-0.4, -0.2) is 10.9 Å². The highest BCUT2D eigenvalue weighted by molar-refractivity contribution is 5.84. The van der Waals surface area contributed by atoms with Gasteiger partial charge < -0.3 is 10.6 Å². The van der Waals surface area contributed by atoms with E-state index in [1.807, 2.05) is 6.07 Å². The summed E-state index contributed by atoms with van der Waals surface area (Å²) < 4.78 is 0. The van der Waals surface area contributed by atoms with Crippen molar-refractivity contribution in [3.05, 3.63) is 94.8 Å². The SMILES string of the molecule is C=C1C(CCC)=C(CC)N=C(N)N1C(c1ccccc1)c1ccc(CC)cc1. The Kier molecular flexibility index (Phi) is 6.35. The zero-order valence-corrected chi connectivity index (χ0v) is 17.3. The zero-order valence-electron chi connectivity index (χ0n) is 17.3. The molecule has 3 nitrogen and oxygen atoms in total. The molecule has 0 fully saturated rings. The average molecular weight is 374 g/mol. The molecule has 1 atom stereocenters. The number of nitrogens with two attached hydrogens (primary N) is 1. The van der Waals surface area contributed by atoms with Crippen molar-refractivity contribution < 1.29 is 0 Å². The molecule has 0 aliphatic carbocycles. The van der Waals surface area contributed by atoms with Crippen LogP contribution < -0.4 is 5.73 Å². The molecule has 0 amide bonds. The Hall–Kier alpha value is -2.81. The van der Waals surface area contributed by atoms with Gasteiger partial charge in [0.25, 0.3) is 0 Å². The van der Waals surface area contributed by atoms with Crippen molar-refractivity contribution in [2.45, 2.75) is 52.5 Å². The summed E-state index contributed by atoms with van der Waals surface area (Å²) in [7, 11) is 0. The van der Waals surface area contributed by atoms with Crippen LogP contribution in [-0.2, 0) is 6.42 Å². The van der Waals surface area contributed by atoms with Gasteiger partial charge in [0, 0.05) is 11.4 Å². The van der Waals surface area contributed by atoms with Gasteiger partial charge in [-0.3, -0.25) is 0 Å². The van der Waals surface area contributed by atoms with E-state index in [0.29, 0.717) is 5.96 Å². The van der Waals surface area contributed by atoms with E-state index in [-0.39, 0.29) is 6.04 Å². The van der Waals surface area contributed by atoms with Crippen molar-refractivity contribution in [2.75, 3.05) is 0 Å². The van der Waals surface area contributed by atoms with Crippen molar-refractivity contribution in [2.24, 2.45) is 10.7 Å². The lowest BCUT2D eigenvalue weighted by Gasteiger charge is -2.38. The lowest BCUT2D eigenvalue weighted by molar-refractivity contribution is 0.427. The molecule has 1 heterocycles. The summed E-state index contributed by atoms with van der Waals surface area (Å²) in [6, 6.07) is 19.2. The van der Waals surface area contributed by atoms with Crippen LogP contribution in [0.2, 0.25) is 0 Å². The Bertz CT molecular complexity index is 876. The van der Waals surface area contributed by atoms with Crippen LogP contribution in [0.25, 0.3) is 0 Å². The molecule has 1 unspecified atom stereocenters. The number of nitrogens with zero attached hydrogens (tertiary/aromatic N) is 2.